The Morgan fingerprint density at radius 2 is 1.80 bits per heavy atom. The number of hydrogen-bond donors (Lipinski definition) is 0. The molecule has 2 atom stereocenters. The summed E-state index contributed by atoms with van der Waals surface area (Å²) in [6.07, 6.45) is 6.21. The lowest BCUT2D eigenvalue weighted by Gasteiger charge is -2.26. The SMILES string of the molecule is CC(=O)[C@@H]1CC=CC[C@@H]1c1ccccc1. The Morgan fingerprint density at radius 3 is 2.47 bits per heavy atom. The monoisotopic (exact) mass is 200 g/mol. The molecule has 1 nitrogen and oxygen atoms in total. The molecule has 1 heteroatoms. The van der Waals surface area contributed by atoms with E-state index in [4.69, 9.17) is 0 Å². The van der Waals surface area contributed by atoms with Gasteiger partial charge in [0.15, 0.2) is 0 Å². The Hall–Kier alpha value is -1.37. The quantitative estimate of drug-likeness (QED) is 0.669. The van der Waals surface area contributed by atoms with E-state index in [0.29, 0.717) is 11.7 Å². The van der Waals surface area contributed by atoms with Crippen LogP contribution in [0.15, 0.2) is 42.5 Å². The Kier molecular flexibility index (Phi) is 3.00. The third kappa shape index (κ3) is 2.17. The molecule has 0 N–H and O–H groups in total. The van der Waals surface area contributed by atoms with Crippen molar-refractivity contribution in [2.24, 2.45) is 5.92 Å². The van der Waals surface area contributed by atoms with E-state index >= 15 is 0 Å². The van der Waals surface area contributed by atoms with Crippen molar-refractivity contribution in [3.05, 3.63) is 48.0 Å². The molecule has 0 amide bonds. The summed E-state index contributed by atoms with van der Waals surface area (Å²) in [4.78, 5) is 11.5. The molecule has 78 valence electrons. The summed E-state index contributed by atoms with van der Waals surface area (Å²) in [6, 6.07) is 10.4. The van der Waals surface area contributed by atoms with Crippen molar-refractivity contribution in [2.75, 3.05) is 0 Å². The number of carbonyl (C=O) groups excluding carboxylic acids is 1. The molecule has 0 heterocycles. The molecule has 0 unspecified atom stereocenters. The average molecular weight is 200 g/mol. The third-order valence-electron chi connectivity index (χ3n) is 3.18. The van der Waals surface area contributed by atoms with E-state index in [-0.39, 0.29) is 5.92 Å². The second-order valence-electron chi connectivity index (χ2n) is 4.18. The van der Waals surface area contributed by atoms with Gasteiger partial charge in [0, 0.05) is 5.92 Å². The highest BCUT2D eigenvalue weighted by atomic mass is 16.1. The largest absolute Gasteiger partial charge is 0.300 e. The number of hydrogen-bond acceptors (Lipinski definition) is 1. The fourth-order valence-electron chi connectivity index (χ4n) is 2.33. The number of ketones is 1. The number of Topliss-reactive ketones (excluding diaryl/α,β-unsaturated/α-hetero) is 1. The molecule has 0 bridgehead atoms. The van der Waals surface area contributed by atoms with Gasteiger partial charge in [0.05, 0.1) is 0 Å². The van der Waals surface area contributed by atoms with E-state index in [9.17, 15) is 4.79 Å². The van der Waals surface area contributed by atoms with Crippen molar-refractivity contribution in [3.63, 3.8) is 0 Å². The molecule has 15 heavy (non-hydrogen) atoms. The van der Waals surface area contributed by atoms with Crippen LogP contribution in [0, 0.1) is 5.92 Å². The van der Waals surface area contributed by atoms with Crippen LogP contribution < -0.4 is 0 Å². The van der Waals surface area contributed by atoms with Crippen molar-refractivity contribution in [3.8, 4) is 0 Å². The van der Waals surface area contributed by atoms with Gasteiger partial charge < -0.3 is 0 Å². The summed E-state index contributed by atoms with van der Waals surface area (Å²) in [5, 5.41) is 0. The van der Waals surface area contributed by atoms with Crippen LogP contribution in [-0.2, 0) is 4.79 Å². The van der Waals surface area contributed by atoms with Crippen LogP contribution in [0.5, 0.6) is 0 Å². The summed E-state index contributed by atoms with van der Waals surface area (Å²) < 4.78 is 0. The van der Waals surface area contributed by atoms with Crippen molar-refractivity contribution in [2.45, 2.75) is 25.7 Å². The minimum Gasteiger partial charge on any atom is -0.300 e. The van der Waals surface area contributed by atoms with Gasteiger partial charge in [0.2, 0.25) is 0 Å². The van der Waals surface area contributed by atoms with Crippen molar-refractivity contribution < 1.29 is 4.79 Å². The highest BCUT2D eigenvalue weighted by Gasteiger charge is 2.26. The van der Waals surface area contributed by atoms with E-state index < -0.39 is 0 Å². The standard InChI is InChI=1S/C14H16O/c1-11(15)13-9-5-6-10-14(13)12-7-3-2-4-8-12/h2-8,13-14H,9-10H2,1H3/t13-,14+/m0/s1. The predicted molar refractivity (Wildman–Crippen MR) is 61.7 cm³/mol. The van der Waals surface area contributed by atoms with E-state index in [0.717, 1.165) is 12.8 Å². The van der Waals surface area contributed by atoms with Crippen LogP contribution >= 0.6 is 0 Å². The van der Waals surface area contributed by atoms with Crippen LogP contribution in [0.25, 0.3) is 0 Å². The summed E-state index contributed by atoms with van der Waals surface area (Å²) in [5.74, 6) is 0.874. The van der Waals surface area contributed by atoms with Gasteiger partial charge in [-0.1, -0.05) is 42.5 Å². The fourth-order valence-corrected chi connectivity index (χ4v) is 2.33. The second kappa shape index (κ2) is 4.43. The molecule has 1 aliphatic carbocycles. The number of allylic oxidation sites excluding steroid dienone is 2. The first-order chi connectivity index (χ1) is 7.29. The lowest BCUT2D eigenvalue weighted by atomic mass is 9.77. The Bertz CT molecular complexity index is 364. The van der Waals surface area contributed by atoms with Gasteiger partial charge in [0.1, 0.15) is 5.78 Å². The molecular weight excluding hydrogens is 184 g/mol. The molecule has 0 fully saturated rings. The number of rotatable bonds is 2. The van der Waals surface area contributed by atoms with E-state index in [1.165, 1.54) is 5.56 Å². The number of carbonyl (C=O) groups is 1. The minimum absolute atomic E-state index is 0.178. The van der Waals surface area contributed by atoms with E-state index in [1.54, 1.807) is 6.92 Å². The predicted octanol–water partition coefficient (Wildman–Crippen LogP) is 3.33. The lowest BCUT2D eigenvalue weighted by Crippen LogP contribution is -2.21. The zero-order valence-electron chi connectivity index (χ0n) is 9.02. The summed E-state index contributed by atoms with van der Waals surface area (Å²) in [6.45, 7) is 1.71. The van der Waals surface area contributed by atoms with Crippen LogP contribution in [0.1, 0.15) is 31.2 Å². The second-order valence-corrected chi connectivity index (χ2v) is 4.18. The van der Waals surface area contributed by atoms with Gasteiger partial charge in [-0.05, 0) is 31.2 Å². The van der Waals surface area contributed by atoms with Gasteiger partial charge >= 0.3 is 0 Å². The van der Waals surface area contributed by atoms with E-state index in [1.807, 2.05) is 18.2 Å². The minimum atomic E-state index is 0.178. The smallest absolute Gasteiger partial charge is 0.133 e. The van der Waals surface area contributed by atoms with Gasteiger partial charge in [-0.2, -0.15) is 0 Å². The van der Waals surface area contributed by atoms with Gasteiger partial charge in [-0.15, -0.1) is 0 Å². The number of benzene rings is 1. The van der Waals surface area contributed by atoms with Crippen LogP contribution in [0.2, 0.25) is 0 Å². The summed E-state index contributed by atoms with van der Waals surface area (Å²) in [7, 11) is 0. The normalized spacial score (nSPS) is 25.1. The van der Waals surface area contributed by atoms with Crippen LogP contribution in [0.3, 0.4) is 0 Å². The molecule has 2 rings (SSSR count). The molecule has 0 aliphatic heterocycles. The van der Waals surface area contributed by atoms with Crippen molar-refractivity contribution in [1.29, 1.82) is 0 Å². The molecule has 0 saturated heterocycles. The zero-order valence-corrected chi connectivity index (χ0v) is 9.02. The van der Waals surface area contributed by atoms with Gasteiger partial charge in [-0.25, -0.2) is 0 Å². The molecule has 1 aromatic carbocycles. The Balaban J connectivity index is 2.27. The summed E-state index contributed by atoms with van der Waals surface area (Å²) in [5.41, 5.74) is 1.29. The maximum atomic E-state index is 11.5. The topological polar surface area (TPSA) is 17.1 Å². The zero-order chi connectivity index (χ0) is 10.7. The first-order valence-electron chi connectivity index (χ1n) is 5.49. The Labute approximate surface area is 90.8 Å². The first kappa shape index (κ1) is 10.2. The highest BCUT2D eigenvalue weighted by molar-refractivity contribution is 5.79. The molecule has 0 spiro atoms. The Morgan fingerprint density at radius 1 is 1.13 bits per heavy atom. The fraction of sp³-hybridized carbons (Fsp3) is 0.357. The molecule has 0 radical (unpaired) electrons. The first-order valence-corrected chi connectivity index (χ1v) is 5.49. The molecule has 1 aromatic rings. The average Bonchev–Trinajstić information content (AvgIpc) is 2.30. The molecule has 1 aliphatic rings. The van der Waals surface area contributed by atoms with Crippen LogP contribution in [-0.4, -0.2) is 5.78 Å². The maximum absolute atomic E-state index is 11.5. The van der Waals surface area contributed by atoms with Gasteiger partial charge in [0.25, 0.3) is 0 Å². The molecular formula is C14H16O. The molecule has 0 aromatic heterocycles. The van der Waals surface area contributed by atoms with E-state index in [2.05, 4.69) is 24.3 Å². The molecule has 0 saturated carbocycles. The van der Waals surface area contributed by atoms with Crippen molar-refractivity contribution in [1.82, 2.24) is 0 Å². The summed E-state index contributed by atoms with van der Waals surface area (Å²) >= 11 is 0. The lowest BCUT2D eigenvalue weighted by molar-refractivity contribution is -0.121. The highest BCUT2D eigenvalue weighted by Crippen LogP contribution is 2.34. The third-order valence-corrected chi connectivity index (χ3v) is 3.18. The van der Waals surface area contributed by atoms with Crippen LogP contribution in [0.4, 0.5) is 0 Å². The maximum Gasteiger partial charge on any atom is 0.133 e. The van der Waals surface area contributed by atoms with Crippen molar-refractivity contribution >= 4 is 5.78 Å². The van der Waals surface area contributed by atoms with Gasteiger partial charge in [-0.3, -0.25) is 4.79 Å².